The molecule has 91 heavy (non-hydrogen) atoms. The minimum Gasteiger partial charge on any atom is -0.496 e. The van der Waals surface area contributed by atoms with E-state index < -0.39 is 8.07 Å². The molecule has 0 radical (unpaired) electrons. The van der Waals surface area contributed by atoms with Crippen LogP contribution in [0.2, 0.25) is 13.1 Å². The topological polar surface area (TPSA) is 9.23 Å². The summed E-state index contributed by atoms with van der Waals surface area (Å²) in [7, 11) is -0.376. The van der Waals surface area contributed by atoms with Gasteiger partial charge in [0.15, 0.2) is 0 Å². The van der Waals surface area contributed by atoms with Crippen molar-refractivity contribution >= 4 is 26.3 Å². The van der Waals surface area contributed by atoms with Crippen LogP contribution in [0.1, 0.15) is 313 Å². The van der Waals surface area contributed by atoms with E-state index in [0.29, 0.717) is 11.1 Å². The van der Waals surface area contributed by atoms with Crippen molar-refractivity contribution in [2.45, 2.75) is 301 Å². The SMILES string of the molecule is CC1=Cc2cc(C(C)(C)C)c(C)c(-c3cc(C(C)(C)C)cc(C(C)(C)C)c3)c2C1.COc1c(C(C)(C)C)cc2c(c1-c1cc(C(C)(C)C)cc(C(C)(C)C)c1)C=C(C)C2[Si](C)(C)C1C(C)=Cc2c1cc(C(C)(C)C)c(C)c2-c1cc(C(C)(C)C)cc(C(C)(C)C)c1. The van der Waals surface area contributed by atoms with Crippen LogP contribution in [0, 0.1) is 13.8 Å². The van der Waals surface area contributed by atoms with Gasteiger partial charge in [0.1, 0.15) is 5.75 Å². The molecule has 6 aromatic rings. The molecule has 0 aromatic heterocycles. The summed E-state index contributed by atoms with van der Waals surface area (Å²) in [5.74, 6) is 1.02. The molecular weight excluding hydrogens is 1110 g/mol. The van der Waals surface area contributed by atoms with Gasteiger partial charge in [0.25, 0.3) is 0 Å². The first kappa shape index (κ1) is 71.4. The third kappa shape index (κ3) is 14.0. The van der Waals surface area contributed by atoms with Gasteiger partial charge in [0.05, 0.1) is 15.2 Å². The summed E-state index contributed by atoms with van der Waals surface area (Å²) >= 11 is 0. The van der Waals surface area contributed by atoms with Crippen LogP contribution in [-0.4, -0.2) is 15.2 Å². The van der Waals surface area contributed by atoms with Crippen LogP contribution in [-0.2, 0) is 55.2 Å². The van der Waals surface area contributed by atoms with Crippen molar-refractivity contribution in [2.24, 2.45) is 0 Å². The monoisotopic (exact) mass is 1240 g/mol. The van der Waals surface area contributed by atoms with Crippen molar-refractivity contribution < 1.29 is 4.74 Å². The lowest BCUT2D eigenvalue weighted by atomic mass is 9.75. The molecule has 3 aliphatic carbocycles. The lowest BCUT2D eigenvalue weighted by Crippen LogP contribution is -2.42. The highest BCUT2D eigenvalue weighted by Crippen LogP contribution is 2.59. The van der Waals surface area contributed by atoms with Gasteiger partial charge < -0.3 is 4.74 Å². The molecule has 3 aliphatic rings. The molecule has 0 spiro atoms. The van der Waals surface area contributed by atoms with Gasteiger partial charge >= 0.3 is 0 Å². The first-order valence-corrected chi connectivity index (χ1v) is 37.9. The van der Waals surface area contributed by atoms with E-state index in [1.807, 2.05) is 7.11 Å². The fraction of sp³-hybridized carbons (Fsp3) is 0.528. The molecule has 0 N–H and O–H groups in total. The number of benzene rings is 6. The number of ether oxygens (including phenoxy) is 1. The van der Waals surface area contributed by atoms with Gasteiger partial charge in [-0.3, -0.25) is 0 Å². The Kier molecular flexibility index (Phi) is 18.4. The Morgan fingerprint density at radius 2 is 0.637 bits per heavy atom. The van der Waals surface area contributed by atoms with Crippen molar-refractivity contribution in [3.05, 3.63) is 184 Å². The third-order valence-electron chi connectivity index (χ3n) is 20.9. The molecule has 2 atom stereocenters. The number of fused-ring (bicyclic) bond motifs is 3. The van der Waals surface area contributed by atoms with Gasteiger partial charge in [0.2, 0.25) is 0 Å². The van der Waals surface area contributed by atoms with Crippen LogP contribution in [0.3, 0.4) is 0 Å². The highest BCUT2D eigenvalue weighted by molar-refractivity contribution is 6.81. The van der Waals surface area contributed by atoms with Gasteiger partial charge in [-0.25, -0.2) is 0 Å². The third-order valence-corrected chi connectivity index (χ3v) is 25.4. The Bertz CT molecular complexity index is 3840. The molecule has 1 nitrogen and oxygen atoms in total. The van der Waals surface area contributed by atoms with Gasteiger partial charge in [-0.05, 0) is 207 Å². The van der Waals surface area contributed by atoms with Gasteiger partial charge in [0, 0.05) is 22.2 Å². The highest BCUT2D eigenvalue weighted by Gasteiger charge is 2.49. The predicted molar refractivity (Wildman–Crippen MR) is 408 cm³/mol. The average Bonchev–Trinajstić information content (AvgIpc) is 1.60. The normalized spacial score (nSPS) is 16.7. The number of methoxy groups -OCH3 is 1. The Hall–Kier alpha value is -5.44. The maximum Gasteiger partial charge on any atom is 0.131 e. The lowest BCUT2D eigenvalue weighted by molar-refractivity contribution is 0.399. The molecular formula is C89H124OSi. The van der Waals surface area contributed by atoms with E-state index >= 15 is 0 Å². The summed E-state index contributed by atoms with van der Waals surface area (Å²) in [6, 6.07) is 29.9. The molecule has 0 amide bonds. The minimum atomic E-state index is -2.26. The standard InChI is InChI=1S/C60H84OSi.C29H40/c1-35-25-44-46(33-48(59(16,17)18)37(3)50(44)38-27-40(55(4,5)6)31-41(28-38)56(7,8)9)53(35)62(23,24)54-36(2)26-45-47(54)34-49(60(19,20)21)52(61-22)51(45)39-29-42(57(10,11)12)32-43(30-39)58(13,14)15;1-18-12-20-16-25(29(9,10)11)19(2)26(24(20)13-18)21-14-22(27(3,4)5)17-23(15-21)28(6,7)8/h25-34,53-54H,1-24H3;12,14-17H,13H2,1-11H3. The zero-order valence-corrected chi connectivity index (χ0v) is 65.4. The quantitative estimate of drug-likeness (QED) is 0.151. The first-order chi connectivity index (χ1) is 41.1. The zero-order chi connectivity index (χ0) is 68.8. The average molecular weight is 1240 g/mol. The minimum absolute atomic E-state index is 0.00245. The number of hydrogen-bond donors (Lipinski definition) is 0. The van der Waals surface area contributed by atoms with E-state index in [0.717, 1.165) is 12.2 Å². The maximum atomic E-state index is 6.60. The van der Waals surface area contributed by atoms with Crippen LogP contribution in [0.5, 0.6) is 5.75 Å². The molecule has 0 saturated carbocycles. The van der Waals surface area contributed by atoms with E-state index in [2.05, 4.69) is 326 Å². The fourth-order valence-corrected chi connectivity index (χ4v) is 20.6. The van der Waals surface area contributed by atoms with E-state index in [4.69, 9.17) is 4.74 Å². The van der Waals surface area contributed by atoms with Crippen LogP contribution >= 0.6 is 0 Å². The van der Waals surface area contributed by atoms with Crippen LogP contribution in [0.25, 0.3) is 51.6 Å². The van der Waals surface area contributed by atoms with E-state index in [-0.39, 0.29) is 48.7 Å². The van der Waals surface area contributed by atoms with Crippen LogP contribution < -0.4 is 4.74 Å². The number of rotatable bonds is 6. The smallest absolute Gasteiger partial charge is 0.131 e. The first-order valence-electron chi connectivity index (χ1n) is 34.7. The molecule has 0 bridgehead atoms. The van der Waals surface area contributed by atoms with Gasteiger partial charge in [-0.1, -0.05) is 308 Å². The molecule has 0 fully saturated rings. The van der Waals surface area contributed by atoms with E-state index in [1.165, 1.54) is 139 Å². The molecule has 6 aromatic carbocycles. The second-order valence-electron chi connectivity index (χ2n) is 38.5. The summed E-state index contributed by atoms with van der Waals surface area (Å²) in [5, 5.41) is 0. The Morgan fingerprint density at radius 3 is 0.967 bits per heavy atom. The fourth-order valence-electron chi connectivity index (χ4n) is 15.6. The largest absolute Gasteiger partial charge is 0.496 e. The number of hydrogen-bond acceptors (Lipinski definition) is 1. The van der Waals surface area contributed by atoms with Crippen molar-refractivity contribution in [2.75, 3.05) is 7.11 Å². The second-order valence-corrected chi connectivity index (χ2v) is 43.3. The van der Waals surface area contributed by atoms with Crippen LogP contribution in [0.4, 0.5) is 0 Å². The summed E-state index contributed by atoms with van der Waals surface area (Å²) in [6.07, 6.45) is 8.62. The highest BCUT2D eigenvalue weighted by atomic mass is 28.3. The molecule has 0 saturated heterocycles. The Labute approximate surface area is 558 Å². The van der Waals surface area contributed by atoms with E-state index in [1.54, 1.807) is 5.56 Å². The Balaban J connectivity index is 0.000000306. The zero-order valence-electron chi connectivity index (χ0n) is 64.4. The summed E-state index contributed by atoms with van der Waals surface area (Å²) < 4.78 is 6.60. The summed E-state index contributed by atoms with van der Waals surface area (Å²) in [5.41, 5.74) is 38.0. The van der Waals surface area contributed by atoms with E-state index in [9.17, 15) is 0 Å². The maximum absolute atomic E-state index is 6.60. The number of allylic oxidation sites excluding steroid dienone is 3. The molecule has 2 heteroatoms. The predicted octanol–water partition coefficient (Wildman–Crippen LogP) is 26.1. The summed E-state index contributed by atoms with van der Waals surface area (Å²) in [4.78, 5) is 0. The summed E-state index contributed by atoms with van der Waals surface area (Å²) in [6.45, 7) is 80.8. The molecule has 0 aliphatic heterocycles. The van der Waals surface area contributed by atoms with Crippen molar-refractivity contribution in [3.63, 3.8) is 0 Å². The van der Waals surface area contributed by atoms with Crippen molar-refractivity contribution in [3.8, 4) is 39.1 Å². The van der Waals surface area contributed by atoms with Crippen molar-refractivity contribution in [1.82, 2.24) is 0 Å². The Morgan fingerprint density at radius 1 is 0.341 bits per heavy atom. The van der Waals surface area contributed by atoms with Crippen molar-refractivity contribution in [1.29, 1.82) is 0 Å². The molecule has 9 rings (SSSR count). The molecule has 490 valence electrons. The van der Waals surface area contributed by atoms with Gasteiger partial charge in [-0.2, -0.15) is 0 Å². The lowest BCUT2D eigenvalue weighted by Gasteiger charge is -2.40. The second kappa shape index (κ2) is 23.5. The molecule has 0 heterocycles. The van der Waals surface area contributed by atoms with Gasteiger partial charge in [-0.15, -0.1) is 0 Å². The van der Waals surface area contributed by atoms with Crippen LogP contribution in [0.15, 0.2) is 89.5 Å². The molecule has 2 unspecified atom stereocenters.